The van der Waals surface area contributed by atoms with E-state index in [1.165, 1.54) is 36.3 Å². The minimum absolute atomic E-state index is 0.163. The van der Waals surface area contributed by atoms with E-state index in [0.717, 1.165) is 31.1 Å². The van der Waals surface area contributed by atoms with Crippen LogP contribution in [0.4, 0.5) is 0 Å². The molecule has 2 aromatic rings. The summed E-state index contributed by atoms with van der Waals surface area (Å²) in [7, 11) is 0. The number of carbonyl (C=O) groups is 1. The number of fused-ring (bicyclic) bond motifs is 1. The Morgan fingerprint density at radius 2 is 1.26 bits per heavy atom. The van der Waals surface area contributed by atoms with Gasteiger partial charge in [0.1, 0.15) is 0 Å². The maximum absolute atomic E-state index is 12.6. The van der Waals surface area contributed by atoms with Crippen LogP contribution in [0.5, 0.6) is 0 Å². The van der Waals surface area contributed by atoms with Crippen LogP contribution in [0.15, 0.2) is 102 Å². The van der Waals surface area contributed by atoms with E-state index in [1.54, 1.807) is 6.07 Å². The van der Waals surface area contributed by atoms with Crippen molar-refractivity contribution in [2.45, 2.75) is 71.1 Å². The fourth-order valence-corrected chi connectivity index (χ4v) is 3.59. The third-order valence-electron chi connectivity index (χ3n) is 5.47. The summed E-state index contributed by atoms with van der Waals surface area (Å²) in [5, 5.41) is 0.895. The molecule has 0 aliphatic heterocycles. The lowest BCUT2D eigenvalue weighted by molar-refractivity contribution is 0.0905. The highest BCUT2D eigenvalue weighted by Crippen LogP contribution is 2.12. The van der Waals surface area contributed by atoms with Gasteiger partial charge in [0, 0.05) is 12.5 Å². The smallest absolute Gasteiger partial charge is 0.257 e. The molecule has 3 nitrogen and oxygen atoms in total. The molecule has 0 N–H and O–H groups in total. The molecule has 0 saturated carbocycles. The summed E-state index contributed by atoms with van der Waals surface area (Å²) >= 11 is 0. The Balaban J connectivity index is 1.57. The number of para-hydroxylation sites is 1. The second-order valence-electron chi connectivity index (χ2n) is 8.29. The van der Waals surface area contributed by atoms with Gasteiger partial charge in [-0.3, -0.25) is 9.59 Å². The first-order valence-corrected chi connectivity index (χ1v) is 12.6. The van der Waals surface area contributed by atoms with Gasteiger partial charge in [-0.2, -0.15) is 0 Å². The number of hydrogen-bond acceptors (Lipinski definition) is 2. The van der Waals surface area contributed by atoms with Gasteiger partial charge in [-0.25, -0.2) is 4.57 Å². The van der Waals surface area contributed by atoms with E-state index in [0.29, 0.717) is 18.4 Å². The first-order chi connectivity index (χ1) is 16.7. The van der Waals surface area contributed by atoms with Crippen LogP contribution >= 0.6 is 0 Å². The van der Waals surface area contributed by atoms with Gasteiger partial charge >= 0.3 is 0 Å². The molecule has 0 aliphatic carbocycles. The van der Waals surface area contributed by atoms with Crippen LogP contribution in [0.3, 0.4) is 0 Å². The molecule has 0 fully saturated rings. The van der Waals surface area contributed by atoms with E-state index in [2.05, 4.69) is 61.6 Å². The van der Waals surface area contributed by atoms with Crippen molar-refractivity contribution in [3.8, 4) is 0 Å². The maximum Gasteiger partial charge on any atom is 0.257 e. The molecule has 0 spiro atoms. The zero-order chi connectivity index (χ0) is 24.3. The Morgan fingerprint density at radius 1 is 0.706 bits per heavy atom. The van der Waals surface area contributed by atoms with Gasteiger partial charge in [0.25, 0.3) is 5.56 Å². The molecule has 1 aromatic carbocycles. The van der Waals surface area contributed by atoms with Crippen molar-refractivity contribution in [3.05, 3.63) is 108 Å². The maximum atomic E-state index is 12.6. The lowest BCUT2D eigenvalue weighted by atomic mass is 10.2. The quantitative estimate of drug-likeness (QED) is 0.199. The lowest BCUT2D eigenvalue weighted by Gasteiger charge is -2.07. The summed E-state index contributed by atoms with van der Waals surface area (Å²) in [6.45, 7) is 2.24. The highest BCUT2D eigenvalue weighted by atomic mass is 16.2. The monoisotopic (exact) mass is 457 g/mol. The number of rotatable bonds is 15. The van der Waals surface area contributed by atoms with Crippen LogP contribution in [0, 0.1) is 0 Å². The highest BCUT2D eigenvalue weighted by molar-refractivity contribution is 5.91. The van der Waals surface area contributed by atoms with Crippen LogP contribution < -0.4 is 5.56 Å². The summed E-state index contributed by atoms with van der Waals surface area (Å²) in [5.41, 5.74) is 0.402. The molecule has 1 aromatic heterocycles. The van der Waals surface area contributed by atoms with Crippen molar-refractivity contribution < 1.29 is 4.79 Å². The molecule has 1 heterocycles. The molecular formula is C31H39NO2. The Labute approximate surface area is 204 Å². The molecule has 0 atom stereocenters. The molecular weight excluding hydrogens is 418 g/mol. The van der Waals surface area contributed by atoms with Crippen molar-refractivity contribution in [2.24, 2.45) is 0 Å². The number of carbonyl (C=O) groups excluding carboxylic acids is 1. The number of unbranched alkanes of at least 4 members (excludes halogenated alkanes) is 3. The van der Waals surface area contributed by atoms with Gasteiger partial charge in [0.05, 0.1) is 5.52 Å². The number of pyridine rings is 1. The zero-order valence-electron chi connectivity index (χ0n) is 20.6. The number of aromatic nitrogens is 1. The van der Waals surface area contributed by atoms with Gasteiger partial charge < -0.3 is 0 Å². The van der Waals surface area contributed by atoms with Gasteiger partial charge in [0.2, 0.25) is 5.91 Å². The fourth-order valence-electron chi connectivity index (χ4n) is 3.59. The molecule has 0 unspecified atom stereocenters. The van der Waals surface area contributed by atoms with Gasteiger partial charge in [0.15, 0.2) is 0 Å². The van der Waals surface area contributed by atoms with E-state index >= 15 is 0 Å². The molecule has 0 amide bonds. The Hall–Kier alpha value is -3.20. The summed E-state index contributed by atoms with van der Waals surface area (Å²) in [6, 6.07) is 10.7. The predicted molar refractivity (Wildman–Crippen MR) is 146 cm³/mol. The predicted octanol–water partition coefficient (Wildman–Crippen LogP) is 8.34. The second kappa shape index (κ2) is 17.3. The molecule has 0 bridgehead atoms. The zero-order valence-corrected chi connectivity index (χ0v) is 20.6. The minimum Gasteiger partial charge on any atom is -0.274 e. The Kier molecular flexibility index (Phi) is 13.8. The number of hydrogen-bond donors (Lipinski definition) is 0. The van der Waals surface area contributed by atoms with Crippen molar-refractivity contribution in [1.29, 1.82) is 0 Å². The van der Waals surface area contributed by atoms with Crippen LogP contribution in [0.25, 0.3) is 10.9 Å². The summed E-state index contributed by atoms with van der Waals surface area (Å²) in [6.07, 6.45) is 31.6. The summed E-state index contributed by atoms with van der Waals surface area (Å²) in [4.78, 5) is 24.7. The molecule has 34 heavy (non-hydrogen) atoms. The third-order valence-corrected chi connectivity index (χ3v) is 5.47. The average Bonchev–Trinajstić information content (AvgIpc) is 2.85. The van der Waals surface area contributed by atoms with Crippen LogP contribution in [0.1, 0.15) is 75.9 Å². The first kappa shape index (κ1) is 27.0. The van der Waals surface area contributed by atoms with Crippen molar-refractivity contribution in [2.75, 3.05) is 0 Å². The van der Waals surface area contributed by atoms with E-state index in [4.69, 9.17) is 0 Å². The molecule has 2 rings (SSSR count). The van der Waals surface area contributed by atoms with Crippen LogP contribution in [0.2, 0.25) is 0 Å². The summed E-state index contributed by atoms with van der Waals surface area (Å²) in [5.74, 6) is -0.163. The first-order valence-electron chi connectivity index (χ1n) is 12.6. The van der Waals surface area contributed by atoms with E-state index in [1.807, 2.05) is 30.3 Å². The van der Waals surface area contributed by atoms with Crippen molar-refractivity contribution >= 4 is 16.8 Å². The fraction of sp³-hybridized carbons (Fsp3) is 0.355. The minimum atomic E-state index is -0.270. The second-order valence-corrected chi connectivity index (χ2v) is 8.29. The number of allylic oxidation sites excluding steroid dienone is 10. The van der Waals surface area contributed by atoms with Crippen LogP contribution in [-0.4, -0.2) is 10.5 Å². The largest absolute Gasteiger partial charge is 0.274 e. The van der Waals surface area contributed by atoms with E-state index in [9.17, 15) is 9.59 Å². The normalized spacial score (nSPS) is 12.5. The Morgan fingerprint density at radius 3 is 1.88 bits per heavy atom. The van der Waals surface area contributed by atoms with Gasteiger partial charge in [-0.15, -0.1) is 0 Å². The number of nitrogens with zero attached hydrogens (tertiary/aromatic N) is 1. The number of benzene rings is 1. The SMILES string of the molecule is CCCCC/C=C/C/C=C/C/C=C/C/C=C/C/C=C/CCC(=O)n1c(=O)ccc2ccccc21. The third kappa shape index (κ3) is 10.6. The topological polar surface area (TPSA) is 39.1 Å². The highest BCUT2D eigenvalue weighted by Gasteiger charge is 2.09. The molecule has 0 saturated heterocycles. The van der Waals surface area contributed by atoms with E-state index in [-0.39, 0.29) is 11.5 Å². The average molecular weight is 458 g/mol. The van der Waals surface area contributed by atoms with Gasteiger partial charge in [-0.1, -0.05) is 98.7 Å². The Bertz CT molecular complexity index is 1070. The standard InChI is InChI=1S/C31H39NO2/c1-2-3-4-5-6-7-8-9-10-11-12-13-14-15-16-17-18-19-20-25-30(33)32-29-24-22-21-23-28(29)26-27-31(32)34/h6-7,9-10,12-13,15-16,18-19,21-24,26-27H,2-5,8,11,14,17,20,25H2,1H3/b7-6+,10-9+,13-12+,16-15+,19-18+. The van der Waals surface area contributed by atoms with E-state index < -0.39 is 0 Å². The van der Waals surface area contributed by atoms with Crippen molar-refractivity contribution in [1.82, 2.24) is 4.57 Å². The van der Waals surface area contributed by atoms with Crippen molar-refractivity contribution in [3.63, 3.8) is 0 Å². The van der Waals surface area contributed by atoms with Crippen LogP contribution in [-0.2, 0) is 0 Å². The summed E-state index contributed by atoms with van der Waals surface area (Å²) < 4.78 is 1.29. The molecule has 180 valence electrons. The molecule has 0 aliphatic rings. The lowest BCUT2D eigenvalue weighted by Crippen LogP contribution is -2.25. The van der Waals surface area contributed by atoms with Gasteiger partial charge in [-0.05, 0) is 62.5 Å². The molecule has 0 radical (unpaired) electrons. The molecule has 3 heteroatoms.